The minimum Gasteiger partial charge on any atom is -0.508 e. The highest BCUT2D eigenvalue weighted by Gasteiger charge is 2.50. The topological polar surface area (TPSA) is 60.7 Å². The van der Waals surface area contributed by atoms with E-state index in [4.69, 9.17) is 0 Å². The molecule has 0 saturated heterocycles. The van der Waals surface area contributed by atoms with Gasteiger partial charge in [0.25, 0.3) is 0 Å². The van der Waals surface area contributed by atoms with Crippen LogP contribution in [0.15, 0.2) is 64.6 Å². The molecule has 3 fully saturated rings. The minimum atomic E-state index is -0.622. The predicted molar refractivity (Wildman–Crippen MR) is 133 cm³/mol. The van der Waals surface area contributed by atoms with Crippen LogP contribution in [0.25, 0.3) is 0 Å². The van der Waals surface area contributed by atoms with Crippen molar-refractivity contribution in [2.45, 2.75) is 75.9 Å². The van der Waals surface area contributed by atoms with Crippen molar-refractivity contribution in [3.05, 3.63) is 59.7 Å². The summed E-state index contributed by atoms with van der Waals surface area (Å²) in [5, 5.41) is 29.7. The number of phenols is 1. The molecular formula is C28H38O3S. The molecule has 3 saturated carbocycles. The zero-order chi connectivity index (χ0) is 22.9. The fourth-order valence-corrected chi connectivity index (χ4v) is 7.58. The summed E-state index contributed by atoms with van der Waals surface area (Å²) in [6, 6.07) is 7.55. The van der Waals surface area contributed by atoms with Crippen molar-refractivity contribution < 1.29 is 15.3 Å². The lowest BCUT2D eigenvalue weighted by atomic mass is 9.61. The Hall–Kier alpha value is -1.49. The average molecular weight is 455 g/mol. The van der Waals surface area contributed by atoms with Crippen molar-refractivity contribution in [3.8, 4) is 5.75 Å². The number of hydrogen-bond donors (Lipinski definition) is 3. The quantitative estimate of drug-likeness (QED) is 0.460. The monoisotopic (exact) mass is 454 g/mol. The fourth-order valence-electron chi connectivity index (χ4n) is 6.57. The molecule has 0 radical (unpaired) electrons. The first-order valence-electron chi connectivity index (χ1n) is 12.1. The molecule has 3 N–H and O–H groups in total. The summed E-state index contributed by atoms with van der Waals surface area (Å²) in [4.78, 5) is 1.22. The summed E-state index contributed by atoms with van der Waals surface area (Å²) in [7, 11) is 0. The summed E-state index contributed by atoms with van der Waals surface area (Å²) in [5.74, 6) is 3.43. The number of aliphatic hydroxyl groups is 2. The van der Waals surface area contributed by atoms with Crippen LogP contribution >= 0.6 is 11.8 Å². The second-order valence-corrected chi connectivity index (χ2v) is 11.5. The number of phenolic OH excluding ortho intramolecular Hbond substituents is 1. The Bertz CT molecular complexity index is 886. The van der Waals surface area contributed by atoms with E-state index in [9.17, 15) is 15.3 Å². The van der Waals surface area contributed by atoms with Gasteiger partial charge in [-0.05, 0) is 97.1 Å². The molecule has 6 atom stereocenters. The number of benzene rings is 1. The molecule has 1 aromatic rings. The summed E-state index contributed by atoms with van der Waals surface area (Å²) in [6.07, 6.45) is 10.6. The van der Waals surface area contributed by atoms with Crippen LogP contribution in [0.4, 0.5) is 0 Å². The molecule has 3 aliphatic carbocycles. The van der Waals surface area contributed by atoms with Gasteiger partial charge in [-0.1, -0.05) is 38.2 Å². The van der Waals surface area contributed by atoms with Gasteiger partial charge in [0, 0.05) is 17.1 Å². The highest BCUT2D eigenvalue weighted by Crippen LogP contribution is 2.59. The standard InChI is InChI=1S/C28H38O3S/c1-18(17-32-24-10-8-22(29)9-11-24)25-12-13-26-20(5-4-14-28(25,26)3)6-7-21-15-23(30)16-27(31)19(21)2/h6-11,18,23,25-27,29-31H,2,4-5,12-17H2,1,3H3/b20-6+,21-7-/t18-,23+,25+,26-,27-,28+/m0/s1. The Kier molecular flexibility index (Phi) is 7.24. The highest BCUT2D eigenvalue weighted by atomic mass is 32.2. The highest BCUT2D eigenvalue weighted by molar-refractivity contribution is 7.99. The van der Waals surface area contributed by atoms with Gasteiger partial charge in [-0.25, -0.2) is 0 Å². The van der Waals surface area contributed by atoms with E-state index < -0.39 is 12.2 Å². The van der Waals surface area contributed by atoms with Gasteiger partial charge in [0.05, 0.1) is 12.2 Å². The molecule has 174 valence electrons. The molecule has 0 aromatic heterocycles. The molecule has 0 amide bonds. The van der Waals surface area contributed by atoms with Crippen molar-refractivity contribution >= 4 is 11.8 Å². The number of rotatable bonds is 5. The van der Waals surface area contributed by atoms with E-state index in [1.165, 1.54) is 30.6 Å². The van der Waals surface area contributed by atoms with Crippen molar-refractivity contribution in [2.24, 2.45) is 23.2 Å². The van der Waals surface area contributed by atoms with Gasteiger partial charge in [-0.15, -0.1) is 11.8 Å². The lowest BCUT2D eigenvalue weighted by Crippen LogP contribution is -2.36. The lowest BCUT2D eigenvalue weighted by molar-refractivity contribution is 0.0862. The second kappa shape index (κ2) is 9.79. The second-order valence-electron chi connectivity index (χ2n) is 10.4. The number of hydrogen-bond acceptors (Lipinski definition) is 4. The van der Waals surface area contributed by atoms with Crippen molar-refractivity contribution in [1.29, 1.82) is 0 Å². The molecule has 0 unspecified atom stereocenters. The van der Waals surface area contributed by atoms with Gasteiger partial charge in [-0.3, -0.25) is 0 Å². The van der Waals surface area contributed by atoms with Crippen molar-refractivity contribution in [1.82, 2.24) is 0 Å². The predicted octanol–water partition coefficient (Wildman–Crippen LogP) is 6.26. The number of thioether (sulfide) groups is 1. The van der Waals surface area contributed by atoms with Gasteiger partial charge in [0.15, 0.2) is 0 Å². The van der Waals surface area contributed by atoms with E-state index >= 15 is 0 Å². The Morgan fingerprint density at radius 1 is 1.19 bits per heavy atom. The number of aliphatic hydroxyl groups excluding tert-OH is 2. The summed E-state index contributed by atoms with van der Waals surface area (Å²) in [6.45, 7) is 9.00. The van der Waals surface area contributed by atoms with Crippen LogP contribution in [-0.2, 0) is 0 Å². The van der Waals surface area contributed by atoms with E-state index in [1.807, 2.05) is 23.9 Å². The summed E-state index contributed by atoms with van der Waals surface area (Å²) >= 11 is 1.90. The SMILES string of the molecule is C=C1/C(=C\C=C2/CCC[C@]3(C)[C@@H]([C@@H](C)CSc4ccc(O)cc4)CC[C@@H]23)C[C@@H](O)C[C@@H]1O. The fraction of sp³-hybridized carbons (Fsp3) is 0.571. The number of allylic oxidation sites excluding steroid dienone is 3. The van der Waals surface area contributed by atoms with Crippen LogP contribution < -0.4 is 0 Å². The Labute approximate surface area is 197 Å². The molecule has 4 heteroatoms. The van der Waals surface area contributed by atoms with Crippen LogP contribution in [0.3, 0.4) is 0 Å². The molecule has 0 aliphatic heterocycles. The van der Waals surface area contributed by atoms with Crippen LogP contribution in [0.1, 0.15) is 58.8 Å². The Morgan fingerprint density at radius 3 is 2.69 bits per heavy atom. The third-order valence-electron chi connectivity index (χ3n) is 8.34. The number of fused-ring (bicyclic) bond motifs is 1. The van der Waals surface area contributed by atoms with Crippen LogP contribution in [0.2, 0.25) is 0 Å². The van der Waals surface area contributed by atoms with Crippen molar-refractivity contribution in [2.75, 3.05) is 5.75 Å². The van der Waals surface area contributed by atoms with Crippen LogP contribution in [0, 0.1) is 23.2 Å². The summed E-state index contributed by atoms with van der Waals surface area (Å²) < 4.78 is 0. The molecule has 3 aliphatic rings. The molecule has 0 heterocycles. The largest absolute Gasteiger partial charge is 0.508 e. The zero-order valence-electron chi connectivity index (χ0n) is 19.5. The maximum atomic E-state index is 10.2. The van der Waals surface area contributed by atoms with Gasteiger partial charge in [-0.2, -0.15) is 0 Å². The molecule has 1 aromatic carbocycles. The number of aromatic hydroxyl groups is 1. The summed E-state index contributed by atoms with van der Waals surface area (Å²) in [5.41, 5.74) is 3.67. The Balaban J connectivity index is 1.45. The van der Waals surface area contributed by atoms with Gasteiger partial charge in [0.1, 0.15) is 5.75 Å². The first-order valence-corrected chi connectivity index (χ1v) is 13.1. The smallest absolute Gasteiger partial charge is 0.115 e. The molecule has 0 spiro atoms. The third-order valence-corrected chi connectivity index (χ3v) is 9.64. The Morgan fingerprint density at radius 2 is 1.94 bits per heavy atom. The van der Waals surface area contributed by atoms with E-state index in [-0.39, 0.29) is 0 Å². The average Bonchev–Trinajstić information content (AvgIpc) is 3.12. The van der Waals surface area contributed by atoms with E-state index in [0.717, 1.165) is 29.2 Å². The van der Waals surface area contributed by atoms with E-state index in [2.05, 4.69) is 32.6 Å². The molecule has 4 rings (SSSR count). The van der Waals surface area contributed by atoms with E-state index in [0.29, 0.717) is 35.8 Å². The lowest BCUT2D eigenvalue weighted by Gasteiger charge is -2.44. The molecule has 0 bridgehead atoms. The van der Waals surface area contributed by atoms with Crippen molar-refractivity contribution in [3.63, 3.8) is 0 Å². The van der Waals surface area contributed by atoms with Gasteiger partial charge < -0.3 is 15.3 Å². The first-order chi connectivity index (χ1) is 15.3. The van der Waals surface area contributed by atoms with Gasteiger partial charge in [0.2, 0.25) is 0 Å². The first kappa shape index (κ1) is 23.7. The van der Waals surface area contributed by atoms with Gasteiger partial charge >= 0.3 is 0 Å². The van der Waals surface area contributed by atoms with E-state index in [1.54, 1.807) is 17.7 Å². The zero-order valence-corrected chi connectivity index (χ0v) is 20.3. The molecule has 3 nitrogen and oxygen atoms in total. The van der Waals surface area contributed by atoms with Crippen LogP contribution in [0.5, 0.6) is 5.75 Å². The molecule has 32 heavy (non-hydrogen) atoms. The minimum absolute atomic E-state index is 0.325. The normalized spacial score (nSPS) is 36.4. The molecular weight excluding hydrogens is 416 g/mol. The third kappa shape index (κ3) is 4.88. The maximum Gasteiger partial charge on any atom is 0.115 e. The maximum absolute atomic E-state index is 10.2. The van der Waals surface area contributed by atoms with Crippen LogP contribution in [-0.4, -0.2) is 33.3 Å².